The number of aromatic nitrogens is 1. The van der Waals surface area contributed by atoms with Crippen molar-refractivity contribution < 1.29 is 0 Å². The highest BCUT2D eigenvalue weighted by Gasteiger charge is 2.09. The molecule has 1 aromatic heterocycles. The van der Waals surface area contributed by atoms with Crippen molar-refractivity contribution in [1.29, 1.82) is 0 Å². The minimum atomic E-state index is 0.628. The lowest BCUT2D eigenvalue weighted by Crippen LogP contribution is -1.84. The van der Waals surface area contributed by atoms with Crippen LogP contribution in [0.25, 0.3) is 21.3 Å². The number of benzene rings is 2. The predicted molar refractivity (Wildman–Crippen MR) is 74.2 cm³/mol. The van der Waals surface area contributed by atoms with Crippen LogP contribution in [0.5, 0.6) is 0 Å². The van der Waals surface area contributed by atoms with Gasteiger partial charge in [-0.1, -0.05) is 41.7 Å². The van der Waals surface area contributed by atoms with Gasteiger partial charge in [-0.2, -0.15) is 0 Å². The maximum Gasteiger partial charge on any atom is 0.181 e. The number of nitrogens with zero attached hydrogens (tertiary/aromatic N) is 1. The molecule has 2 aromatic carbocycles. The third-order valence-electron chi connectivity index (χ3n) is 2.74. The molecule has 0 amide bonds. The lowest BCUT2D eigenvalue weighted by atomic mass is 10.0. The van der Waals surface area contributed by atoms with E-state index in [2.05, 4.69) is 36.2 Å². The Morgan fingerprint density at radius 1 is 1.12 bits per heavy atom. The van der Waals surface area contributed by atoms with Gasteiger partial charge in [-0.05, 0) is 30.2 Å². The zero-order chi connectivity index (χ0) is 11.8. The summed E-state index contributed by atoms with van der Waals surface area (Å²) in [4.78, 5) is 4.43. The molecule has 2 N–H and O–H groups in total. The summed E-state index contributed by atoms with van der Waals surface area (Å²) in [5.41, 5.74) is 10.4. The Hall–Kier alpha value is -1.87. The molecule has 0 saturated carbocycles. The summed E-state index contributed by atoms with van der Waals surface area (Å²) in [5, 5.41) is 0.628. The molecule has 0 radical (unpaired) electrons. The number of anilines is 1. The summed E-state index contributed by atoms with van der Waals surface area (Å²) in [5.74, 6) is 0. The van der Waals surface area contributed by atoms with Gasteiger partial charge in [-0.3, -0.25) is 0 Å². The fourth-order valence-corrected chi connectivity index (χ4v) is 2.88. The van der Waals surface area contributed by atoms with Crippen LogP contribution in [0.2, 0.25) is 0 Å². The fraction of sp³-hybridized carbons (Fsp3) is 0.0714. The Kier molecular flexibility index (Phi) is 2.34. The van der Waals surface area contributed by atoms with E-state index in [0.29, 0.717) is 5.13 Å². The molecule has 3 rings (SSSR count). The van der Waals surface area contributed by atoms with Crippen molar-refractivity contribution in [2.24, 2.45) is 0 Å². The van der Waals surface area contributed by atoms with Gasteiger partial charge < -0.3 is 5.73 Å². The molecule has 0 spiro atoms. The molecule has 0 atom stereocenters. The zero-order valence-corrected chi connectivity index (χ0v) is 10.3. The Balaban J connectivity index is 2.35. The van der Waals surface area contributed by atoms with Gasteiger partial charge in [0.25, 0.3) is 0 Å². The highest BCUT2D eigenvalue weighted by atomic mass is 32.1. The monoisotopic (exact) mass is 240 g/mol. The molecule has 0 bridgehead atoms. The van der Waals surface area contributed by atoms with Crippen molar-refractivity contribution in [1.82, 2.24) is 4.98 Å². The van der Waals surface area contributed by atoms with Crippen molar-refractivity contribution in [3.63, 3.8) is 0 Å². The molecule has 0 saturated heterocycles. The number of nitrogens with two attached hydrogens (primary N) is 1. The van der Waals surface area contributed by atoms with Gasteiger partial charge in [0.1, 0.15) is 0 Å². The number of fused-ring (bicyclic) bond motifs is 1. The average molecular weight is 240 g/mol. The lowest BCUT2D eigenvalue weighted by molar-refractivity contribution is 1.45. The minimum absolute atomic E-state index is 0.628. The average Bonchev–Trinajstić information content (AvgIpc) is 2.69. The van der Waals surface area contributed by atoms with Crippen molar-refractivity contribution >= 4 is 26.7 Å². The summed E-state index contributed by atoms with van der Waals surface area (Å²) in [6, 6.07) is 14.6. The number of thiazole rings is 1. The summed E-state index contributed by atoms with van der Waals surface area (Å²) < 4.78 is 1.15. The third-order valence-corrected chi connectivity index (χ3v) is 3.57. The van der Waals surface area contributed by atoms with E-state index in [4.69, 9.17) is 5.73 Å². The van der Waals surface area contributed by atoms with Crippen LogP contribution in [0.1, 0.15) is 5.56 Å². The van der Waals surface area contributed by atoms with Crippen LogP contribution < -0.4 is 5.73 Å². The second kappa shape index (κ2) is 3.86. The van der Waals surface area contributed by atoms with Crippen LogP contribution in [0, 0.1) is 6.92 Å². The summed E-state index contributed by atoms with van der Waals surface area (Å²) >= 11 is 1.54. The minimum Gasteiger partial charge on any atom is -0.375 e. The first kappa shape index (κ1) is 10.3. The van der Waals surface area contributed by atoms with Gasteiger partial charge in [0, 0.05) is 5.56 Å². The van der Waals surface area contributed by atoms with E-state index >= 15 is 0 Å². The van der Waals surface area contributed by atoms with E-state index in [1.165, 1.54) is 11.1 Å². The first-order chi connectivity index (χ1) is 8.24. The first-order valence-corrected chi connectivity index (χ1v) is 6.28. The molecule has 0 aliphatic carbocycles. The molecule has 3 aromatic rings. The Labute approximate surface area is 104 Å². The topological polar surface area (TPSA) is 38.9 Å². The van der Waals surface area contributed by atoms with E-state index in [1.807, 2.05) is 18.2 Å². The number of aryl methyl sites for hydroxylation is 1. The fourth-order valence-electron chi connectivity index (χ4n) is 2.02. The van der Waals surface area contributed by atoms with Crippen molar-refractivity contribution in [2.75, 3.05) is 5.73 Å². The molecule has 17 heavy (non-hydrogen) atoms. The normalized spacial score (nSPS) is 10.9. The molecule has 0 aliphatic heterocycles. The lowest BCUT2D eigenvalue weighted by Gasteiger charge is -2.04. The molecule has 1 heterocycles. The summed E-state index contributed by atoms with van der Waals surface area (Å²) in [7, 11) is 0. The van der Waals surface area contributed by atoms with E-state index in [-0.39, 0.29) is 0 Å². The molecular formula is C14H12N2S. The Morgan fingerprint density at radius 3 is 2.65 bits per heavy atom. The first-order valence-electron chi connectivity index (χ1n) is 5.46. The smallest absolute Gasteiger partial charge is 0.181 e. The third kappa shape index (κ3) is 1.78. The maximum absolute atomic E-state index is 5.80. The van der Waals surface area contributed by atoms with Gasteiger partial charge in [0.2, 0.25) is 0 Å². The predicted octanol–water partition coefficient (Wildman–Crippen LogP) is 3.85. The van der Waals surface area contributed by atoms with Gasteiger partial charge in [0.05, 0.1) is 10.2 Å². The van der Waals surface area contributed by atoms with Gasteiger partial charge in [-0.15, -0.1) is 0 Å². The van der Waals surface area contributed by atoms with Gasteiger partial charge in [0.15, 0.2) is 5.13 Å². The number of nitrogen functional groups attached to an aromatic ring is 1. The largest absolute Gasteiger partial charge is 0.375 e. The number of hydrogen-bond acceptors (Lipinski definition) is 3. The molecule has 2 nitrogen and oxygen atoms in total. The summed E-state index contributed by atoms with van der Waals surface area (Å²) in [6.45, 7) is 2.10. The highest BCUT2D eigenvalue weighted by Crippen LogP contribution is 2.33. The van der Waals surface area contributed by atoms with Crippen molar-refractivity contribution in [3.8, 4) is 11.1 Å². The molecule has 0 unspecified atom stereocenters. The Morgan fingerprint density at radius 2 is 1.88 bits per heavy atom. The molecule has 3 heteroatoms. The van der Waals surface area contributed by atoms with Crippen LogP contribution in [-0.2, 0) is 0 Å². The van der Waals surface area contributed by atoms with Crippen molar-refractivity contribution in [2.45, 2.75) is 6.92 Å². The van der Waals surface area contributed by atoms with E-state index in [1.54, 1.807) is 11.3 Å². The molecule has 0 fully saturated rings. The van der Waals surface area contributed by atoms with Crippen molar-refractivity contribution in [3.05, 3.63) is 48.0 Å². The van der Waals surface area contributed by atoms with Crippen LogP contribution in [-0.4, -0.2) is 4.98 Å². The molecule has 0 aliphatic rings. The van der Waals surface area contributed by atoms with Gasteiger partial charge in [-0.25, -0.2) is 4.98 Å². The highest BCUT2D eigenvalue weighted by molar-refractivity contribution is 7.22. The van der Waals surface area contributed by atoms with E-state index < -0.39 is 0 Å². The van der Waals surface area contributed by atoms with Crippen LogP contribution in [0.3, 0.4) is 0 Å². The second-order valence-corrected chi connectivity index (χ2v) is 5.14. The van der Waals surface area contributed by atoms with Crippen LogP contribution in [0.15, 0.2) is 42.5 Å². The molecule has 84 valence electrons. The van der Waals surface area contributed by atoms with Crippen LogP contribution in [0.4, 0.5) is 5.13 Å². The number of hydrogen-bond donors (Lipinski definition) is 1. The zero-order valence-electron chi connectivity index (χ0n) is 9.47. The SMILES string of the molecule is Cc1cc(-c2ccccc2)c2nc(N)sc2c1. The molecular weight excluding hydrogens is 228 g/mol. The maximum atomic E-state index is 5.80. The standard InChI is InChI=1S/C14H12N2S/c1-9-7-11(10-5-3-2-4-6-10)13-12(8-9)17-14(15)16-13/h2-8H,1H3,(H2,15,16). The van der Waals surface area contributed by atoms with Gasteiger partial charge >= 0.3 is 0 Å². The van der Waals surface area contributed by atoms with E-state index in [0.717, 1.165) is 15.8 Å². The number of rotatable bonds is 1. The second-order valence-electron chi connectivity index (χ2n) is 4.08. The summed E-state index contributed by atoms with van der Waals surface area (Å²) in [6.07, 6.45) is 0. The van der Waals surface area contributed by atoms with E-state index in [9.17, 15) is 0 Å². The van der Waals surface area contributed by atoms with Crippen LogP contribution >= 0.6 is 11.3 Å². The quantitative estimate of drug-likeness (QED) is 0.701. The Bertz CT molecular complexity index is 671.